The fourth-order valence-electron chi connectivity index (χ4n) is 3.18. The number of nitrogens with zero attached hydrogens (tertiary/aromatic N) is 3. The fourth-order valence-corrected chi connectivity index (χ4v) is 3.69. The van der Waals surface area contributed by atoms with Crippen molar-refractivity contribution in [1.82, 2.24) is 14.6 Å². The van der Waals surface area contributed by atoms with Crippen LogP contribution in [-0.4, -0.2) is 45.1 Å². The van der Waals surface area contributed by atoms with E-state index >= 15 is 0 Å². The number of halogens is 3. The van der Waals surface area contributed by atoms with Crippen LogP contribution in [0.3, 0.4) is 0 Å². The molecule has 1 unspecified atom stereocenters. The molecule has 0 amide bonds. The number of hydrogen-bond donors (Lipinski definition) is 2. The molecule has 3 rings (SSSR count). The topological polar surface area (TPSA) is 71.7 Å². The van der Waals surface area contributed by atoms with Gasteiger partial charge in [0.1, 0.15) is 0 Å². The number of fused-ring (bicyclic) bond motifs is 1. The smallest absolute Gasteiger partial charge is 0.345 e. The molecule has 2 aromatic heterocycles. The van der Waals surface area contributed by atoms with Gasteiger partial charge in [0.2, 0.25) is 5.95 Å². The van der Waals surface area contributed by atoms with Gasteiger partial charge in [-0.25, -0.2) is 9.50 Å². The van der Waals surface area contributed by atoms with Crippen LogP contribution in [0.15, 0.2) is 16.7 Å². The van der Waals surface area contributed by atoms with E-state index in [1.165, 1.54) is 0 Å². The number of rotatable bonds is 6. The second-order valence-corrected chi connectivity index (χ2v) is 7.30. The van der Waals surface area contributed by atoms with Crippen LogP contribution in [0.4, 0.5) is 14.7 Å². The van der Waals surface area contributed by atoms with E-state index in [0.29, 0.717) is 11.9 Å². The number of ether oxygens (including phenoxy) is 1. The van der Waals surface area contributed by atoms with Crippen molar-refractivity contribution < 1.29 is 18.6 Å². The Kier molecular flexibility index (Phi) is 5.85. The average molecular weight is 419 g/mol. The largest absolute Gasteiger partial charge is 0.393 e. The summed E-state index contributed by atoms with van der Waals surface area (Å²) in [6.07, 6.45) is 4.87. The van der Waals surface area contributed by atoms with E-state index < -0.39 is 6.61 Å². The van der Waals surface area contributed by atoms with Crippen molar-refractivity contribution in [2.24, 2.45) is 0 Å². The number of anilines is 1. The first-order chi connectivity index (χ1) is 11.9. The molecule has 25 heavy (non-hydrogen) atoms. The minimum atomic E-state index is -2.79. The maximum Gasteiger partial charge on any atom is 0.345 e. The van der Waals surface area contributed by atoms with Gasteiger partial charge in [-0.3, -0.25) is 0 Å². The van der Waals surface area contributed by atoms with Gasteiger partial charge in [-0.1, -0.05) is 0 Å². The fraction of sp³-hybridized carbons (Fsp3) is 0.625. The molecule has 1 atom stereocenters. The van der Waals surface area contributed by atoms with E-state index in [1.54, 1.807) is 13.1 Å². The normalized spacial score (nSPS) is 22.5. The lowest BCUT2D eigenvalue weighted by Crippen LogP contribution is -2.25. The Morgan fingerprint density at radius 3 is 2.80 bits per heavy atom. The summed E-state index contributed by atoms with van der Waals surface area (Å²) < 4.78 is 31.3. The van der Waals surface area contributed by atoms with E-state index in [0.717, 1.165) is 41.4 Å². The van der Waals surface area contributed by atoms with Crippen LogP contribution in [-0.2, 0) is 4.74 Å². The van der Waals surface area contributed by atoms with Gasteiger partial charge in [0, 0.05) is 22.1 Å². The number of aliphatic hydroxyl groups is 1. The van der Waals surface area contributed by atoms with E-state index in [1.807, 2.05) is 10.6 Å². The number of alkyl halides is 2. The summed E-state index contributed by atoms with van der Waals surface area (Å²) in [5, 5.41) is 17.2. The molecule has 6 nitrogen and oxygen atoms in total. The molecule has 138 valence electrons. The first-order valence-corrected chi connectivity index (χ1v) is 9.12. The zero-order valence-electron chi connectivity index (χ0n) is 13.8. The van der Waals surface area contributed by atoms with Gasteiger partial charge in [0.25, 0.3) is 0 Å². The van der Waals surface area contributed by atoms with Gasteiger partial charge in [-0.15, -0.1) is 5.10 Å². The lowest BCUT2D eigenvalue weighted by molar-refractivity contribution is -0.130. The minimum Gasteiger partial charge on any atom is -0.393 e. The highest BCUT2D eigenvalue weighted by Crippen LogP contribution is 2.36. The van der Waals surface area contributed by atoms with Gasteiger partial charge in [0.15, 0.2) is 0 Å². The molecule has 0 spiro atoms. The van der Waals surface area contributed by atoms with Crippen LogP contribution < -0.4 is 5.32 Å². The predicted octanol–water partition coefficient (Wildman–Crippen LogP) is 3.55. The first-order valence-electron chi connectivity index (χ1n) is 8.32. The zero-order chi connectivity index (χ0) is 18.0. The molecule has 1 fully saturated rings. The number of aliphatic hydroxyl groups excluding tert-OH is 1. The van der Waals surface area contributed by atoms with Crippen LogP contribution in [0, 0.1) is 0 Å². The SMILES string of the molecule is CC(COC(F)F)Nc1ncc2c(Br)cc(C3CCC(O)CC3)n2n1. The molecule has 0 saturated heterocycles. The second-order valence-electron chi connectivity index (χ2n) is 6.44. The summed E-state index contributed by atoms with van der Waals surface area (Å²) in [6.45, 7) is -1.20. The van der Waals surface area contributed by atoms with E-state index in [2.05, 4.69) is 36.1 Å². The summed E-state index contributed by atoms with van der Waals surface area (Å²) in [6, 6.07) is 1.69. The van der Waals surface area contributed by atoms with Crippen LogP contribution in [0.25, 0.3) is 5.52 Å². The Morgan fingerprint density at radius 2 is 2.12 bits per heavy atom. The highest BCUT2D eigenvalue weighted by atomic mass is 79.9. The summed E-state index contributed by atoms with van der Waals surface area (Å²) in [5.74, 6) is 0.683. The molecule has 9 heteroatoms. The third-order valence-corrected chi connectivity index (χ3v) is 5.09. The first kappa shape index (κ1) is 18.5. The Labute approximate surface area is 152 Å². The van der Waals surface area contributed by atoms with Crippen molar-refractivity contribution >= 4 is 27.4 Å². The van der Waals surface area contributed by atoms with Crippen molar-refractivity contribution in [1.29, 1.82) is 0 Å². The molecule has 1 aliphatic rings. The molecule has 0 aromatic carbocycles. The van der Waals surface area contributed by atoms with Gasteiger partial charge in [-0.2, -0.15) is 8.78 Å². The molecule has 2 heterocycles. The molecule has 2 aromatic rings. The van der Waals surface area contributed by atoms with Crippen molar-refractivity contribution in [2.45, 2.75) is 57.3 Å². The Hall–Kier alpha value is -1.32. The maximum atomic E-state index is 12.1. The Balaban J connectivity index is 1.80. The summed E-state index contributed by atoms with van der Waals surface area (Å²) in [7, 11) is 0. The summed E-state index contributed by atoms with van der Waals surface area (Å²) >= 11 is 3.54. The van der Waals surface area contributed by atoms with Gasteiger partial charge < -0.3 is 15.2 Å². The minimum absolute atomic E-state index is 0.137. The number of aromatic nitrogens is 3. The lowest BCUT2D eigenvalue weighted by atomic mass is 9.85. The van der Waals surface area contributed by atoms with Crippen molar-refractivity contribution in [2.75, 3.05) is 11.9 Å². The van der Waals surface area contributed by atoms with Crippen LogP contribution in [0.1, 0.15) is 44.2 Å². The van der Waals surface area contributed by atoms with Crippen molar-refractivity contribution in [3.8, 4) is 0 Å². The molecule has 0 bridgehead atoms. The van der Waals surface area contributed by atoms with Gasteiger partial charge in [0.05, 0.1) is 24.4 Å². The Morgan fingerprint density at radius 1 is 1.40 bits per heavy atom. The highest BCUT2D eigenvalue weighted by Gasteiger charge is 2.24. The maximum absolute atomic E-state index is 12.1. The second kappa shape index (κ2) is 7.92. The average Bonchev–Trinajstić information content (AvgIpc) is 2.90. The highest BCUT2D eigenvalue weighted by molar-refractivity contribution is 9.10. The molecule has 0 aliphatic heterocycles. The molecule has 1 saturated carbocycles. The number of nitrogens with one attached hydrogen (secondary N) is 1. The zero-order valence-corrected chi connectivity index (χ0v) is 15.4. The molecule has 1 aliphatic carbocycles. The van der Waals surface area contributed by atoms with E-state index in [9.17, 15) is 13.9 Å². The predicted molar refractivity (Wildman–Crippen MR) is 92.9 cm³/mol. The molecular weight excluding hydrogens is 398 g/mol. The van der Waals surface area contributed by atoms with Crippen LogP contribution in [0.5, 0.6) is 0 Å². The molecular formula is C16H21BrF2N4O2. The van der Waals surface area contributed by atoms with E-state index in [4.69, 9.17) is 0 Å². The summed E-state index contributed by atoms with van der Waals surface area (Å²) in [4.78, 5) is 4.25. The van der Waals surface area contributed by atoms with Crippen molar-refractivity contribution in [3.05, 3.63) is 22.4 Å². The van der Waals surface area contributed by atoms with Gasteiger partial charge >= 0.3 is 6.61 Å². The quantitative estimate of drug-likeness (QED) is 0.750. The third-order valence-electron chi connectivity index (χ3n) is 4.46. The van der Waals surface area contributed by atoms with Gasteiger partial charge in [-0.05, 0) is 54.6 Å². The van der Waals surface area contributed by atoms with E-state index in [-0.39, 0.29) is 18.8 Å². The standard InChI is InChI=1S/C16H21BrF2N4O2/c1-9(8-25-15(18)19)21-16-20-7-14-12(17)6-13(23(14)22-16)10-2-4-11(24)5-3-10/h6-7,9-11,15,24H,2-5,8H2,1H3,(H,21,22). The third kappa shape index (κ3) is 4.45. The van der Waals surface area contributed by atoms with Crippen LogP contribution >= 0.6 is 15.9 Å². The number of hydrogen-bond acceptors (Lipinski definition) is 5. The molecule has 0 radical (unpaired) electrons. The summed E-state index contributed by atoms with van der Waals surface area (Å²) in [5.41, 5.74) is 1.92. The lowest BCUT2D eigenvalue weighted by Gasteiger charge is -2.25. The van der Waals surface area contributed by atoms with Crippen molar-refractivity contribution in [3.63, 3.8) is 0 Å². The van der Waals surface area contributed by atoms with Crippen LogP contribution in [0.2, 0.25) is 0 Å². The Bertz CT molecular complexity index is 719. The monoisotopic (exact) mass is 418 g/mol. The molecule has 2 N–H and O–H groups in total.